The average Bonchev–Trinajstić information content (AvgIpc) is 2.79. The van der Waals surface area contributed by atoms with Crippen molar-refractivity contribution < 1.29 is 18.0 Å². The van der Waals surface area contributed by atoms with E-state index in [1.54, 1.807) is 36.4 Å². The molecule has 0 spiro atoms. The van der Waals surface area contributed by atoms with Gasteiger partial charge in [0.05, 0.1) is 17.5 Å². The predicted molar refractivity (Wildman–Crippen MR) is 130 cm³/mol. The molecule has 1 atom stereocenters. The Labute approximate surface area is 196 Å². The largest absolute Gasteiger partial charge is 0.350 e. The first kappa shape index (κ1) is 24.9. The van der Waals surface area contributed by atoms with Crippen LogP contribution in [0.5, 0.6) is 0 Å². The van der Waals surface area contributed by atoms with Crippen LogP contribution in [0.1, 0.15) is 46.5 Å². The first-order valence-electron chi connectivity index (χ1n) is 11.1. The first-order chi connectivity index (χ1) is 15.7. The van der Waals surface area contributed by atoms with Crippen LogP contribution in [0.3, 0.4) is 0 Å². The van der Waals surface area contributed by atoms with Gasteiger partial charge in [-0.2, -0.15) is 4.31 Å². The number of carbonyl (C=O) groups excluding carboxylic acids is 2. The molecule has 8 nitrogen and oxygen atoms in total. The molecule has 3 rings (SSSR count). The second-order valence-corrected chi connectivity index (χ2v) is 10.4. The molecule has 0 aromatic heterocycles. The summed E-state index contributed by atoms with van der Waals surface area (Å²) in [5.41, 5.74) is 2.44. The molecular formula is C24H32N4O4S. The molecule has 1 heterocycles. The van der Waals surface area contributed by atoms with Crippen LogP contribution in [0.4, 0.5) is 5.69 Å². The Morgan fingerprint density at radius 1 is 0.970 bits per heavy atom. The van der Waals surface area contributed by atoms with Crippen molar-refractivity contribution in [3.05, 3.63) is 65.2 Å². The average molecular weight is 473 g/mol. The van der Waals surface area contributed by atoms with Crippen molar-refractivity contribution in [3.63, 3.8) is 0 Å². The fourth-order valence-electron chi connectivity index (χ4n) is 3.63. The number of hydrogen-bond donors (Lipinski definition) is 2. The predicted octanol–water partition coefficient (Wildman–Crippen LogP) is 2.54. The van der Waals surface area contributed by atoms with Gasteiger partial charge in [0.15, 0.2) is 0 Å². The van der Waals surface area contributed by atoms with Gasteiger partial charge in [-0.25, -0.2) is 8.42 Å². The van der Waals surface area contributed by atoms with E-state index in [0.717, 1.165) is 12.0 Å². The molecule has 1 saturated heterocycles. The van der Waals surface area contributed by atoms with Gasteiger partial charge in [-0.3, -0.25) is 14.5 Å². The Kier molecular flexibility index (Phi) is 8.23. The zero-order valence-electron chi connectivity index (χ0n) is 19.4. The van der Waals surface area contributed by atoms with E-state index in [2.05, 4.69) is 15.5 Å². The first-order valence-corrected chi connectivity index (χ1v) is 13.0. The summed E-state index contributed by atoms with van der Waals surface area (Å²) < 4.78 is 24.8. The van der Waals surface area contributed by atoms with Gasteiger partial charge in [0.1, 0.15) is 0 Å². The van der Waals surface area contributed by atoms with Crippen molar-refractivity contribution >= 4 is 27.5 Å². The Morgan fingerprint density at radius 3 is 2.21 bits per heavy atom. The van der Waals surface area contributed by atoms with Crippen LogP contribution in [0.15, 0.2) is 48.5 Å². The monoisotopic (exact) mass is 472 g/mol. The molecule has 178 valence electrons. The Morgan fingerprint density at radius 2 is 1.61 bits per heavy atom. The number of sulfonamides is 1. The van der Waals surface area contributed by atoms with Crippen molar-refractivity contribution in [2.45, 2.75) is 32.9 Å². The third-order valence-corrected chi connectivity index (χ3v) is 7.14. The van der Waals surface area contributed by atoms with Crippen molar-refractivity contribution in [3.8, 4) is 0 Å². The van der Waals surface area contributed by atoms with E-state index >= 15 is 0 Å². The van der Waals surface area contributed by atoms with Crippen molar-refractivity contribution in [1.29, 1.82) is 0 Å². The molecular weight excluding hydrogens is 440 g/mol. The lowest BCUT2D eigenvalue weighted by molar-refractivity contribution is 0.0940. The minimum Gasteiger partial charge on any atom is -0.350 e. The highest BCUT2D eigenvalue weighted by Gasteiger charge is 2.23. The molecule has 2 N–H and O–H groups in total. The van der Waals surface area contributed by atoms with Gasteiger partial charge in [0.2, 0.25) is 10.0 Å². The molecule has 1 fully saturated rings. The maximum Gasteiger partial charge on any atom is 0.255 e. The SMILES string of the molecule is CCC(C)NC(=O)c1ccccc1NC(=O)c1ccc(CN2CCN(S(C)(=O)=O)CC2)cc1. The summed E-state index contributed by atoms with van der Waals surface area (Å²) in [5, 5.41) is 5.77. The number of nitrogens with zero attached hydrogens (tertiary/aromatic N) is 2. The summed E-state index contributed by atoms with van der Waals surface area (Å²) in [6.07, 6.45) is 2.06. The molecule has 2 aromatic rings. The van der Waals surface area contributed by atoms with E-state index in [4.69, 9.17) is 0 Å². The highest BCUT2D eigenvalue weighted by atomic mass is 32.2. The van der Waals surface area contributed by atoms with Gasteiger partial charge in [-0.05, 0) is 43.2 Å². The zero-order chi connectivity index (χ0) is 24.0. The molecule has 9 heteroatoms. The zero-order valence-corrected chi connectivity index (χ0v) is 20.2. The number of para-hydroxylation sites is 1. The normalized spacial score (nSPS) is 16.2. The van der Waals surface area contributed by atoms with Crippen LogP contribution in [0.2, 0.25) is 0 Å². The lowest BCUT2D eigenvalue weighted by Gasteiger charge is -2.33. The van der Waals surface area contributed by atoms with Crippen LogP contribution in [0.25, 0.3) is 0 Å². The van der Waals surface area contributed by atoms with E-state index in [1.807, 2.05) is 26.0 Å². The number of rotatable bonds is 8. The molecule has 33 heavy (non-hydrogen) atoms. The highest BCUT2D eigenvalue weighted by Crippen LogP contribution is 2.18. The molecule has 0 radical (unpaired) electrons. The van der Waals surface area contributed by atoms with Crippen LogP contribution < -0.4 is 10.6 Å². The van der Waals surface area contributed by atoms with E-state index in [-0.39, 0.29) is 17.9 Å². The number of carbonyl (C=O) groups is 2. The standard InChI is InChI=1S/C24H32N4O4S/c1-4-18(2)25-24(30)21-7-5-6-8-22(21)26-23(29)20-11-9-19(10-12-20)17-27-13-15-28(16-14-27)33(3,31)32/h5-12,18H,4,13-17H2,1-3H3,(H,25,30)(H,26,29). The second-order valence-electron chi connectivity index (χ2n) is 8.42. The van der Waals surface area contributed by atoms with E-state index in [0.29, 0.717) is 49.5 Å². The third kappa shape index (κ3) is 6.86. The fourth-order valence-corrected chi connectivity index (χ4v) is 4.45. The van der Waals surface area contributed by atoms with Crippen LogP contribution >= 0.6 is 0 Å². The highest BCUT2D eigenvalue weighted by molar-refractivity contribution is 7.88. The van der Waals surface area contributed by atoms with Gasteiger partial charge in [-0.15, -0.1) is 0 Å². The Hall–Kier alpha value is -2.75. The fraction of sp³-hybridized carbons (Fsp3) is 0.417. The van der Waals surface area contributed by atoms with Gasteiger partial charge < -0.3 is 10.6 Å². The molecule has 1 aliphatic heterocycles. The summed E-state index contributed by atoms with van der Waals surface area (Å²) in [7, 11) is -3.14. The summed E-state index contributed by atoms with van der Waals surface area (Å²) in [4.78, 5) is 27.5. The number of benzene rings is 2. The van der Waals surface area contributed by atoms with Crippen molar-refractivity contribution in [2.24, 2.45) is 0 Å². The van der Waals surface area contributed by atoms with Crippen molar-refractivity contribution in [1.82, 2.24) is 14.5 Å². The summed E-state index contributed by atoms with van der Waals surface area (Å²) in [6.45, 7) is 6.95. The molecule has 2 amide bonds. The summed E-state index contributed by atoms with van der Waals surface area (Å²) in [6, 6.07) is 14.3. The topological polar surface area (TPSA) is 98.8 Å². The smallest absolute Gasteiger partial charge is 0.255 e. The maximum absolute atomic E-state index is 12.8. The van der Waals surface area contributed by atoms with Gasteiger partial charge in [-0.1, -0.05) is 31.2 Å². The van der Waals surface area contributed by atoms with E-state index in [1.165, 1.54) is 10.6 Å². The lowest BCUT2D eigenvalue weighted by Crippen LogP contribution is -2.47. The molecule has 0 bridgehead atoms. The number of amides is 2. The van der Waals surface area contributed by atoms with Gasteiger partial charge >= 0.3 is 0 Å². The van der Waals surface area contributed by atoms with Crippen LogP contribution in [-0.2, 0) is 16.6 Å². The van der Waals surface area contributed by atoms with Crippen LogP contribution in [-0.4, -0.2) is 67.9 Å². The summed E-state index contributed by atoms with van der Waals surface area (Å²) in [5.74, 6) is -0.501. The molecule has 1 aliphatic rings. The molecule has 1 unspecified atom stereocenters. The van der Waals surface area contributed by atoms with Crippen molar-refractivity contribution in [2.75, 3.05) is 37.8 Å². The maximum atomic E-state index is 12.8. The minimum absolute atomic E-state index is 0.0446. The summed E-state index contributed by atoms with van der Waals surface area (Å²) >= 11 is 0. The lowest BCUT2D eigenvalue weighted by atomic mass is 10.1. The molecule has 0 aliphatic carbocycles. The Bertz CT molecular complexity index is 1080. The van der Waals surface area contributed by atoms with Crippen LogP contribution in [0, 0.1) is 0 Å². The molecule has 0 saturated carbocycles. The van der Waals surface area contributed by atoms with E-state index in [9.17, 15) is 18.0 Å². The quantitative estimate of drug-likeness (QED) is 0.615. The second kappa shape index (κ2) is 10.9. The van der Waals surface area contributed by atoms with Gasteiger partial charge in [0, 0.05) is 44.3 Å². The molecule has 2 aromatic carbocycles. The number of piperazine rings is 1. The number of anilines is 1. The van der Waals surface area contributed by atoms with E-state index < -0.39 is 10.0 Å². The van der Waals surface area contributed by atoms with Gasteiger partial charge in [0.25, 0.3) is 11.8 Å². The number of nitrogens with one attached hydrogen (secondary N) is 2. The Balaban J connectivity index is 1.60. The minimum atomic E-state index is -3.14. The third-order valence-electron chi connectivity index (χ3n) is 5.83. The number of hydrogen-bond acceptors (Lipinski definition) is 5.